The molecule has 4 aromatic rings. The van der Waals surface area contributed by atoms with Crippen molar-refractivity contribution in [1.82, 2.24) is 19.5 Å². The SMILES string of the molecule is [B]c1cccc(-c2cc(N3CCN(CCO)CC3)n3nc(C)c(-c4ccccc4)c3n2)c1. The number of piperazine rings is 1. The first-order valence-electron chi connectivity index (χ1n) is 11.0. The topological polar surface area (TPSA) is 56.9 Å². The van der Waals surface area contributed by atoms with Crippen molar-refractivity contribution in [2.24, 2.45) is 0 Å². The van der Waals surface area contributed by atoms with E-state index >= 15 is 0 Å². The quantitative estimate of drug-likeness (QED) is 0.500. The molecule has 160 valence electrons. The molecule has 0 atom stereocenters. The summed E-state index contributed by atoms with van der Waals surface area (Å²) in [7, 11) is 6.08. The molecule has 0 saturated carbocycles. The third kappa shape index (κ3) is 3.90. The van der Waals surface area contributed by atoms with Gasteiger partial charge in [0.2, 0.25) is 0 Å². The van der Waals surface area contributed by atoms with Gasteiger partial charge in [0.05, 0.1) is 18.0 Å². The standard InChI is InChI=1S/C25H26BN5O/c1-18-24(19-6-3-2-4-7-19)25-27-22(20-8-5-9-21(26)16-20)17-23(31(25)28-18)30-12-10-29(11-13-30)14-15-32/h2-9,16-17,32H,10-15H2,1H3. The van der Waals surface area contributed by atoms with Crippen LogP contribution < -0.4 is 10.4 Å². The number of β-amino-alcohol motifs (C(OH)–C–C–N with tert-alkyl or cyclic N) is 1. The molecule has 0 amide bonds. The van der Waals surface area contributed by atoms with Gasteiger partial charge >= 0.3 is 0 Å². The minimum absolute atomic E-state index is 0.192. The molecule has 1 N–H and O–H groups in total. The third-order valence-corrected chi connectivity index (χ3v) is 6.10. The van der Waals surface area contributed by atoms with E-state index in [4.69, 9.17) is 17.9 Å². The summed E-state index contributed by atoms with van der Waals surface area (Å²) in [6.45, 7) is 6.50. The molecular formula is C25H26BN5O. The van der Waals surface area contributed by atoms with E-state index in [2.05, 4.69) is 28.0 Å². The molecule has 0 spiro atoms. The summed E-state index contributed by atoms with van der Waals surface area (Å²) in [4.78, 5) is 9.71. The Morgan fingerprint density at radius 3 is 2.41 bits per heavy atom. The van der Waals surface area contributed by atoms with Crippen LogP contribution in [0.3, 0.4) is 0 Å². The highest BCUT2D eigenvalue weighted by Gasteiger charge is 2.23. The molecule has 5 rings (SSSR count). The molecule has 2 aromatic heterocycles. The number of aryl methyl sites for hydroxylation is 1. The largest absolute Gasteiger partial charge is 0.395 e. The van der Waals surface area contributed by atoms with E-state index in [0.29, 0.717) is 6.54 Å². The lowest BCUT2D eigenvalue weighted by molar-refractivity contribution is 0.188. The minimum Gasteiger partial charge on any atom is -0.395 e. The molecule has 3 heterocycles. The van der Waals surface area contributed by atoms with Crippen LogP contribution in [0.4, 0.5) is 5.82 Å². The summed E-state index contributed by atoms with van der Waals surface area (Å²) < 4.78 is 1.98. The number of rotatable bonds is 5. The second-order valence-electron chi connectivity index (χ2n) is 8.24. The Labute approximate surface area is 189 Å². The molecule has 0 unspecified atom stereocenters. The Morgan fingerprint density at radius 1 is 0.938 bits per heavy atom. The number of fused-ring (bicyclic) bond motifs is 1. The second kappa shape index (κ2) is 8.77. The Bertz CT molecular complexity index is 1230. The summed E-state index contributed by atoms with van der Waals surface area (Å²) in [5.74, 6) is 1.03. The highest BCUT2D eigenvalue weighted by atomic mass is 16.3. The Hall–Kier alpha value is -3.16. The van der Waals surface area contributed by atoms with Crippen LogP contribution in [0.1, 0.15) is 5.69 Å². The van der Waals surface area contributed by atoms with Gasteiger partial charge in [-0.05, 0) is 18.1 Å². The number of hydrogen-bond acceptors (Lipinski definition) is 5. The third-order valence-electron chi connectivity index (χ3n) is 6.10. The lowest BCUT2D eigenvalue weighted by atomic mass is 9.93. The van der Waals surface area contributed by atoms with E-state index in [1.165, 1.54) is 0 Å². The van der Waals surface area contributed by atoms with E-state index < -0.39 is 0 Å². The number of aliphatic hydroxyl groups is 1. The monoisotopic (exact) mass is 423 g/mol. The first kappa shape index (κ1) is 20.7. The number of anilines is 1. The average molecular weight is 423 g/mol. The van der Waals surface area contributed by atoms with Gasteiger partial charge in [0, 0.05) is 44.4 Å². The summed E-state index contributed by atoms with van der Waals surface area (Å²) in [6, 6.07) is 20.3. The lowest BCUT2D eigenvalue weighted by Crippen LogP contribution is -2.47. The first-order valence-corrected chi connectivity index (χ1v) is 11.0. The molecule has 1 aliphatic heterocycles. The number of aromatic nitrogens is 3. The molecule has 1 saturated heterocycles. The smallest absolute Gasteiger partial charge is 0.166 e. The minimum atomic E-state index is 0.192. The van der Waals surface area contributed by atoms with Crippen LogP contribution in [0.25, 0.3) is 28.0 Å². The summed E-state index contributed by atoms with van der Waals surface area (Å²) in [5, 5.41) is 14.2. The highest BCUT2D eigenvalue weighted by Crippen LogP contribution is 2.32. The molecular weight excluding hydrogens is 397 g/mol. The van der Waals surface area contributed by atoms with Crippen molar-refractivity contribution in [3.8, 4) is 22.4 Å². The molecule has 2 aromatic carbocycles. The predicted molar refractivity (Wildman–Crippen MR) is 130 cm³/mol. The zero-order valence-corrected chi connectivity index (χ0v) is 18.3. The van der Waals surface area contributed by atoms with Gasteiger partial charge in [0.1, 0.15) is 13.7 Å². The predicted octanol–water partition coefficient (Wildman–Crippen LogP) is 2.28. The van der Waals surface area contributed by atoms with Crippen molar-refractivity contribution in [1.29, 1.82) is 0 Å². The molecule has 7 heteroatoms. The number of aliphatic hydroxyl groups excluding tert-OH is 1. The van der Waals surface area contributed by atoms with Crippen LogP contribution in [0, 0.1) is 6.92 Å². The van der Waals surface area contributed by atoms with Gasteiger partial charge in [-0.25, -0.2) is 4.98 Å². The lowest BCUT2D eigenvalue weighted by Gasteiger charge is -2.35. The van der Waals surface area contributed by atoms with Gasteiger partial charge in [-0.1, -0.05) is 60.1 Å². The average Bonchev–Trinajstić information content (AvgIpc) is 3.15. The van der Waals surface area contributed by atoms with Crippen molar-refractivity contribution in [2.45, 2.75) is 6.92 Å². The summed E-state index contributed by atoms with van der Waals surface area (Å²) in [6.07, 6.45) is 0. The summed E-state index contributed by atoms with van der Waals surface area (Å²) >= 11 is 0. The van der Waals surface area contributed by atoms with Crippen molar-refractivity contribution < 1.29 is 5.11 Å². The fourth-order valence-corrected chi connectivity index (χ4v) is 4.46. The Kier molecular flexibility index (Phi) is 5.68. The van der Waals surface area contributed by atoms with E-state index in [1.807, 2.05) is 53.9 Å². The molecule has 32 heavy (non-hydrogen) atoms. The first-order chi connectivity index (χ1) is 15.6. The molecule has 0 bridgehead atoms. The van der Waals surface area contributed by atoms with Crippen LogP contribution in [0.5, 0.6) is 0 Å². The van der Waals surface area contributed by atoms with E-state index in [0.717, 1.165) is 71.2 Å². The van der Waals surface area contributed by atoms with Gasteiger partial charge in [-0.15, -0.1) is 0 Å². The molecule has 0 aliphatic carbocycles. The van der Waals surface area contributed by atoms with E-state index in [1.54, 1.807) is 0 Å². The van der Waals surface area contributed by atoms with Crippen LogP contribution in [0.2, 0.25) is 0 Å². The highest BCUT2D eigenvalue weighted by molar-refractivity contribution is 6.32. The maximum Gasteiger partial charge on any atom is 0.166 e. The molecule has 1 aliphatic rings. The van der Waals surface area contributed by atoms with Crippen LogP contribution >= 0.6 is 0 Å². The second-order valence-corrected chi connectivity index (χ2v) is 8.24. The normalized spacial score (nSPS) is 14.9. The van der Waals surface area contributed by atoms with Crippen LogP contribution in [-0.4, -0.2) is 71.8 Å². The molecule has 2 radical (unpaired) electrons. The molecule has 1 fully saturated rings. The Morgan fingerprint density at radius 2 is 1.69 bits per heavy atom. The van der Waals surface area contributed by atoms with Crippen molar-refractivity contribution in [3.63, 3.8) is 0 Å². The van der Waals surface area contributed by atoms with Gasteiger partial charge in [-0.3, -0.25) is 4.90 Å². The maximum absolute atomic E-state index is 9.28. The zero-order valence-electron chi connectivity index (χ0n) is 18.3. The maximum atomic E-state index is 9.28. The van der Waals surface area contributed by atoms with Gasteiger partial charge in [0.25, 0.3) is 0 Å². The van der Waals surface area contributed by atoms with Crippen molar-refractivity contribution in [2.75, 3.05) is 44.2 Å². The fraction of sp³-hybridized carbons (Fsp3) is 0.280. The van der Waals surface area contributed by atoms with E-state index in [9.17, 15) is 5.11 Å². The number of hydrogen-bond donors (Lipinski definition) is 1. The van der Waals surface area contributed by atoms with Gasteiger partial charge in [0.15, 0.2) is 5.65 Å². The van der Waals surface area contributed by atoms with Crippen molar-refractivity contribution >= 4 is 24.8 Å². The van der Waals surface area contributed by atoms with Crippen LogP contribution in [-0.2, 0) is 0 Å². The number of benzene rings is 2. The number of nitrogens with zero attached hydrogens (tertiary/aromatic N) is 5. The van der Waals surface area contributed by atoms with Crippen molar-refractivity contribution in [3.05, 3.63) is 66.4 Å². The van der Waals surface area contributed by atoms with Gasteiger partial charge < -0.3 is 10.0 Å². The zero-order chi connectivity index (χ0) is 22.1. The Balaban J connectivity index is 1.67. The molecule has 6 nitrogen and oxygen atoms in total. The van der Waals surface area contributed by atoms with E-state index in [-0.39, 0.29) is 6.61 Å². The van der Waals surface area contributed by atoms with Crippen LogP contribution in [0.15, 0.2) is 60.7 Å². The van der Waals surface area contributed by atoms with Gasteiger partial charge in [-0.2, -0.15) is 9.61 Å². The summed E-state index contributed by atoms with van der Waals surface area (Å²) in [5.41, 5.74) is 6.55. The fourth-order valence-electron chi connectivity index (χ4n) is 4.46.